The average Bonchev–Trinajstić information content (AvgIpc) is 3.42. The van der Waals surface area contributed by atoms with E-state index in [0.29, 0.717) is 29.7 Å². The number of amides is 1. The van der Waals surface area contributed by atoms with Gasteiger partial charge in [-0.05, 0) is 43.3 Å². The molecule has 1 N–H and O–H groups in total. The first kappa shape index (κ1) is 19.0. The lowest BCUT2D eigenvalue weighted by Gasteiger charge is -2.31. The number of aromatic nitrogens is 3. The highest BCUT2D eigenvalue weighted by atomic mass is 32.1. The van der Waals surface area contributed by atoms with Crippen molar-refractivity contribution in [1.82, 2.24) is 19.5 Å². The van der Waals surface area contributed by atoms with Gasteiger partial charge in [-0.25, -0.2) is 9.07 Å². The van der Waals surface area contributed by atoms with Gasteiger partial charge in [0.1, 0.15) is 28.5 Å². The maximum atomic E-state index is 14.5. The van der Waals surface area contributed by atoms with E-state index in [2.05, 4.69) is 10.4 Å². The standard InChI is InChI=1S/C22H21FN4O2S/c1-14-25-26(20(29)18-12-15-8-11-30-21(15)27(14)18)13-19(28)24-22(9-4-5-10-22)16-6-2-3-7-17(16)23/h2-3,6-8,11-12H,4-5,9-10,13H2,1H3,(H,24,28). The molecule has 0 radical (unpaired) electrons. The van der Waals surface area contributed by atoms with E-state index >= 15 is 0 Å². The van der Waals surface area contributed by atoms with Gasteiger partial charge < -0.3 is 5.32 Å². The molecule has 0 bridgehead atoms. The number of thiophene rings is 1. The van der Waals surface area contributed by atoms with Crippen LogP contribution in [0.25, 0.3) is 15.7 Å². The van der Waals surface area contributed by atoms with Crippen molar-refractivity contribution in [3.8, 4) is 0 Å². The van der Waals surface area contributed by atoms with E-state index in [4.69, 9.17) is 0 Å². The highest BCUT2D eigenvalue weighted by Crippen LogP contribution is 2.39. The van der Waals surface area contributed by atoms with Crippen LogP contribution < -0.4 is 10.9 Å². The van der Waals surface area contributed by atoms with Gasteiger partial charge in [0.2, 0.25) is 5.91 Å². The second-order valence-electron chi connectivity index (χ2n) is 7.87. The fourth-order valence-electron chi connectivity index (χ4n) is 4.64. The van der Waals surface area contributed by atoms with Gasteiger partial charge in [0.15, 0.2) is 0 Å². The van der Waals surface area contributed by atoms with Gasteiger partial charge in [-0.15, -0.1) is 11.3 Å². The number of benzene rings is 1. The normalized spacial score (nSPS) is 15.8. The number of carbonyl (C=O) groups is 1. The molecule has 6 nitrogen and oxygen atoms in total. The third kappa shape index (κ3) is 2.94. The summed E-state index contributed by atoms with van der Waals surface area (Å²) >= 11 is 1.55. The molecule has 3 aromatic heterocycles. The number of carbonyl (C=O) groups excluding carboxylic acids is 1. The molecule has 5 rings (SSSR count). The SMILES string of the molecule is Cc1nn(CC(=O)NC2(c3ccccc3F)CCCC2)c(=O)c2cc3ccsc3n12. The molecule has 8 heteroatoms. The van der Waals surface area contributed by atoms with Crippen LogP contribution in [0.5, 0.6) is 0 Å². The molecule has 154 valence electrons. The average molecular weight is 425 g/mol. The Labute approximate surface area is 175 Å². The zero-order valence-electron chi connectivity index (χ0n) is 16.5. The van der Waals surface area contributed by atoms with Gasteiger partial charge in [0.05, 0.1) is 5.54 Å². The topological polar surface area (TPSA) is 68.4 Å². The van der Waals surface area contributed by atoms with E-state index in [0.717, 1.165) is 23.1 Å². The zero-order valence-corrected chi connectivity index (χ0v) is 17.3. The number of halogens is 1. The van der Waals surface area contributed by atoms with E-state index < -0.39 is 5.54 Å². The largest absolute Gasteiger partial charge is 0.345 e. The second kappa shape index (κ2) is 7.05. The summed E-state index contributed by atoms with van der Waals surface area (Å²) in [6.07, 6.45) is 3.18. The van der Waals surface area contributed by atoms with Crippen LogP contribution in [0.15, 0.2) is 46.6 Å². The predicted molar refractivity (Wildman–Crippen MR) is 114 cm³/mol. The summed E-state index contributed by atoms with van der Waals surface area (Å²) < 4.78 is 17.5. The van der Waals surface area contributed by atoms with Crippen LogP contribution in [0, 0.1) is 12.7 Å². The lowest BCUT2D eigenvalue weighted by molar-refractivity contribution is -0.124. The van der Waals surface area contributed by atoms with Crippen LogP contribution in [0.2, 0.25) is 0 Å². The number of nitrogens with zero attached hydrogens (tertiary/aromatic N) is 3. The number of hydrogen-bond donors (Lipinski definition) is 1. The molecule has 1 saturated carbocycles. The highest BCUT2D eigenvalue weighted by Gasteiger charge is 2.39. The first-order valence-electron chi connectivity index (χ1n) is 10.0. The minimum absolute atomic E-state index is 0.203. The van der Waals surface area contributed by atoms with Gasteiger partial charge in [0.25, 0.3) is 5.56 Å². The fraction of sp³-hybridized carbons (Fsp3) is 0.318. The van der Waals surface area contributed by atoms with Crippen molar-refractivity contribution < 1.29 is 9.18 Å². The molecular weight excluding hydrogens is 403 g/mol. The third-order valence-corrected chi connectivity index (χ3v) is 6.89. The minimum atomic E-state index is -0.733. The van der Waals surface area contributed by atoms with Crippen LogP contribution in [0.4, 0.5) is 4.39 Å². The summed E-state index contributed by atoms with van der Waals surface area (Å²) in [5.41, 5.74) is -0.0370. The molecule has 1 aromatic carbocycles. The van der Waals surface area contributed by atoms with Crippen LogP contribution in [0.3, 0.4) is 0 Å². The number of aryl methyl sites for hydroxylation is 1. The summed E-state index contributed by atoms with van der Waals surface area (Å²) in [6.45, 7) is 1.61. The lowest BCUT2D eigenvalue weighted by atomic mass is 9.87. The predicted octanol–water partition coefficient (Wildman–Crippen LogP) is 3.74. The number of nitrogens with one attached hydrogen (secondary N) is 1. The fourth-order valence-corrected chi connectivity index (χ4v) is 5.58. The Morgan fingerprint density at radius 1 is 1.27 bits per heavy atom. The molecule has 1 fully saturated rings. The summed E-state index contributed by atoms with van der Waals surface area (Å²) in [7, 11) is 0. The lowest BCUT2D eigenvalue weighted by Crippen LogP contribution is -2.47. The quantitative estimate of drug-likeness (QED) is 0.543. The van der Waals surface area contributed by atoms with Crippen molar-refractivity contribution in [2.45, 2.75) is 44.7 Å². The Morgan fingerprint density at radius 3 is 2.80 bits per heavy atom. The molecule has 1 aliphatic carbocycles. The van der Waals surface area contributed by atoms with Gasteiger partial charge in [-0.1, -0.05) is 31.0 Å². The Bertz CT molecular complexity index is 1330. The molecular formula is C22H21FN4O2S. The molecule has 0 saturated heterocycles. The van der Waals surface area contributed by atoms with Gasteiger partial charge in [0, 0.05) is 10.9 Å². The zero-order chi connectivity index (χ0) is 20.9. The van der Waals surface area contributed by atoms with E-state index in [1.165, 1.54) is 10.7 Å². The van der Waals surface area contributed by atoms with E-state index in [9.17, 15) is 14.0 Å². The molecule has 30 heavy (non-hydrogen) atoms. The van der Waals surface area contributed by atoms with Crippen LogP contribution in [-0.2, 0) is 16.9 Å². The number of hydrogen-bond acceptors (Lipinski definition) is 4. The van der Waals surface area contributed by atoms with Crippen molar-refractivity contribution in [3.63, 3.8) is 0 Å². The van der Waals surface area contributed by atoms with E-state index in [1.54, 1.807) is 29.5 Å². The maximum Gasteiger partial charge on any atom is 0.291 e. The molecule has 4 aromatic rings. The van der Waals surface area contributed by atoms with Crippen molar-refractivity contribution in [2.75, 3.05) is 0 Å². The smallest absolute Gasteiger partial charge is 0.291 e. The Morgan fingerprint density at radius 2 is 2.03 bits per heavy atom. The molecule has 0 unspecified atom stereocenters. The molecule has 3 heterocycles. The summed E-state index contributed by atoms with van der Waals surface area (Å²) in [6, 6.07) is 10.4. The van der Waals surface area contributed by atoms with Crippen LogP contribution in [-0.4, -0.2) is 20.1 Å². The van der Waals surface area contributed by atoms with E-state index in [-0.39, 0.29) is 23.8 Å². The van der Waals surface area contributed by atoms with Crippen molar-refractivity contribution in [2.24, 2.45) is 0 Å². The minimum Gasteiger partial charge on any atom is -0.345 e. The van der Waals surface area contributed by atoms with Crippen LogP contribution >= 0.6 is 11.3 Å². The third-order valence-electron chi connectivity index (χ3n) is 5.97. The number of rotatable bonds is 4. The Balaban J connectivity index is 1.48. The number of fused-ring (bicyclic) bond motifs is 3. The van der Waals surface area contributed by atoms with Gasteiger partial charge in [-0.2, -0.15) is 5.10 Å². The summed E-state index contributed by atoms with van der Waals surface area (Å²) in [4.78, 5) is 26.9. The Hall–Kier alpha value is -3.00. The van der Waals surface area contributed by atoms with Crippen molar-refractivity contribution in [1.29, 1.82) is 0 Å². The second-order valence-corrected chi connectivity index (χ2v) is 8.77. The van der Waals surface area contributed by atoms with Crippen molar-refractivity contribution in [3.05, 3.63) is 69.3 Å². The summed E-state index contributed by atoms with van der Waals surface area (Å²) in [5.74, 6) is -0.0214. The molecule has 0 atom stereocenters. The first-order chi connectivity index (χ1) is 14.5. The van der Waals surface area contributed by atoms with Gasteiger partial charge >= 0.3 is 0 Å². The molecule has 1 aliphatic rings. The monoisotopic (exact) mass is 424 g/mol. The molecule has 0 aliphatic heterocycles. The highest BCUT2D eigenvalue weighted by molar-refractivity contribution is 7.16. The van der Waals surface area contributed by atoms with E-state index in [1.807, 2.05) is 28.8 Å². The summed E-state index contributed by atoms with van der Waals surface area (Å²) in [5, 5.41) is 10.4. The first-order valence-corrected chi connectivity index (χ1v) is 10.9. The molecule has 0 spiro atoms. The molecule has 1 amide bonds. The van der Waals surface area contributed by atoms with Crippen molar-refractivity contribution >= 4 is 33.0 Å². The van der Waals surface area contributed by atoms with Gasteiger partial charge in [-0.3, -0.25) is 14.0 Å². The van der Waals surface area contributed by atoms with Crippen LogP contribution in [0.1, 0.15) is 37.1 Å². The Kier molecular flexibility index (Phi) is 4.47. The maximum absolute atomic E-state index is 14.5.